The fraction of sp³-hybridized carbons (Fsp3) is 0.435. The highest BCUT2D eigenvalue weighted by atomic mass is 15.2. The second-order valence-electron chi connectivity index (χ2n) is 9.29. The number of rotatable bonds is 1. The molecule has 4 heterocycles. The zero-order chi connectivity index (χ0) is 19.3. The third kappa shape index (κ3) is 1.99. The van der Waals surface area contributed by atoms with E-state index >= 15 is 0 Å². The quantitative estimate of drug-likeness (QED) is 0.595. The van der Waals surface area contributed by atoms with Gasteiger partial charge in [0.05, 0.1) is 30.2 Å². The molecule has 1 aromatic carbocycles. The number of anilines is 1. The van der Waals surface area contributed by atoms with Gasteiger partial charge in [-0.15, -0.1) is 0 Å². The summed E-state index contributed by atoms with van der Waals surface area (Å²) in [5, 5.41) is 12.7. The first-order valence-electron chi connectivity index (χ1n) is 10.7. The Labute approximate surface area is 169 Å². The Balaban J connectivity index is 1.42. The number of fused-ring (bicyclic) bond motifs is 10. The van der Waals surface area contributed by atoms with Crippen molar-refractivity contribution < 1.29 is 0 Å². The zero-order valence-corrected chi connectivity index (χ0v) is 16.4. The molecule has 2 aliphatic carbocycles. The molecule has 4 aliphatic rings. The number of pyridine rings is 1. The fourth-order valence-corrected chi connectivity index (χ4v) is 6.86. The van der Waals surface area contributed by atoms with Gasteiger partial charge in [-0.3, -0.25) is 10.1 Å². The summed E-state index contributed by atoms with van der Waals surface area (Å²) < 4.78 is 0. The molecule has 0 amide bonds. The van der Waals surface area contributed by atoms with E-state index in [4.69, 9.17) is 5.73 Å². The van der Waals surface area contributed by atoms with Crippen LogP contribution >= 0.6 is 0 Å². The van der Waals surface area contributed by atoms with Crippen LogP contribution in [0.1, 0.15) is 59.2 Å². The van der Waals surface area contributed by atoms with Gasteiger partial charge in [-0.2, -0.15) is 5.10 Å². The van der Waals surface area contributed by atoms with Gasteiger partial charge in [0.15, 0.2) is 5.65 Å². The molecule has 2 fully saturated rings. The van der Waals surface area contributed by atoms with Gasteiger partial charge >= 0.3 is 0 Å². The first-order chi connectivity index (χ1) is 14.2. The van der Waals surface area contributed by atoms with Crippen molar-refractivity contribution in [1.29, 1.82) is 0 Å². The molecule has 6 nitrogen and oxygen atoms in total. The second-order valence-corrected chi connectivity index (χ2v) is 9.29. The number of aromatic nitrogens is 3. The number of nitrogens with two attached hydrogens (primary N) is 1. The maximum absolute atomic E-state index is 6.16. The summed E-state index contributed by atoms with van der Waals surface area (Å²) in [5.74, 6) is 3.43. The van der Waals surface area contributed by atoms with Crippen LogP contribution in [-0.2, 0) is 6.54 Å². The lowest BCUT2D eigenvalue weighted by Crippen LogP contribution is -2.36. The topological polar surface area (TPSA) is 92.0 Å². The van der Waals surface area contributed by atoms with Gasteiger partial charge in [-0.25, -0.2) is 4.98 Å². The minimum Gasteiger partial charge on any atom is -0.383 e. The van der Waals surface area contributed by atoms with E-state index in [1.807, 2.05) is 6.20 Å². The number of aromatic amines is 1. The molecule has 0 spiro atoms. The lowest BCUT2D eigenvalue weighted by Gasteiger charge is -2.43. The molecule has 3 aromatic rings. The van der Waals surface area contributed by atoms with Crippen molar-refractivity contribution in [2.24, 2.45) is 28.5 Å². The van der Waals surface area contributed by atoms with Gasteiger partial charge in [0.25, 0.3) is 0 Å². The second kappa shape index (κ2) is 5.38. The Hall–Kier alpha value is -2.89. The highest BCUT2D eigenvalue weighted by Gasteiger charge is 2.54. The van der Waals surface area contributed by atoms with E-state index in [1.165, 1.54) is 47.0 Å². The lowest BCUT2D eigenvalue weighted by atomic mass is 9.67. The Morgan fingerprint density at radius 3 is 3.00 bits per heavy atom. The molecule has 146 valence electrons. The third-order valence-corrected chi connectivity index (χ3v) is 8.01. The molecule has 5 atom stereocenters. The summed E-state index contributed by atoms with van der Waals surface area (Å²) >= 11 is 0. The van der Waals surface area contributed by atoms with Crippen molar-refractivity contribution in [2.45, 2.75) is 44.7 Å². The first kappa shape index (κ1) is 16.0. The molecular weight excluding hydrogens is 360 g/mol. The molecular formula is C23H24N6. The number of nitrogens with one attached hydrogen (secondary N) is 2. The maximum Gasteiger partial charge on any atom is 0.155 e. The number of aryl methyl sites for hydroxylation is 1. The smallest absolute Gasteiger partial charge is 0.155 e. The molecule has 2 aromatic heterocycles. The predicted molar refractivity (Wildman–Crippen MR) is 113 cm³/mol. The number of aliphatic imine (C=N–C) groups is 1. The Bertz CT molecular complexity index is 1210. The summed E-state index contributed by atoms with van der Waals surface area (Å²) in [7, 11) is 0. The van der Waals surface area contributed by atoms with Crippen molar-refractivity contribution in [3.63, 3.8) is 0 Å². The average Bonchev–Trinajstić information content (AvgIpc) is 3.52. The van der Waals surface area contributed by atoms with Gasteiger partial charge in [0.1, 0.15) is 5.84 Å². The minimum atomic E-state index is 0.299. The molecule has 4 N–H and O–H groups in total. The number of hydrogen-bond acceptors (Lipinski definition) is 5. The van der Waals surface area contributed by atoms with Gasteiger partial charge in [-0.05, 0) is 72.6 Å². The number of hydrogen-bond donors (Lipinski definition) is 3. The predicted octanol–water partition coefficient (Wildman–Crippen LogP) is 3.78. The lowest BCUT2D eigenvalue weighted by molar-refractivity contribution is 0.248. The van der Waals surface area contributed by atoms with E-state index in [1.54, 1.807) is 0 Å². The summed E-state index contributed by atoms with van der Waals surface area (Å²) in [6.07, 6.45) is 6.06. The van der Waals surface area contributed by atoms with E-state index < -0.39 is 0 Å². The van der Waals surface area contributed by atoms with Crippen LogP contribution < -0.4 is 11.1 Å². The monoisotopic (exact) mass is 384 g/mol. The first-order valence-corrected chi connectivity index (χ1v) is 10.7. The van der Waals surface area contributed by atoms with Crippen LogP contribution in [0.3, 0.4) is 0 Å². The minimum absolute atomic E-state index is 0.299. The highest BCUT2D eigenvalue weighted by molar-refractivity contribution is 6.01. The van der Waals surface area contributed by atoms with Gasteiger partial charge in [0, 0.05) is 10.9 Å². The van der Waals surface area contributed by atoms with Crippen LogP contribution in [-0.4, -0.2) is 21.0 Å². The van der Waals surface area contributed by atoms with Crippen molar-refractivity contribution in [3.8, 4) is 0 Å². The van der Waals surface area contributed by atoms with Gasteiger partial charge in [0.2, 0.25) is 0 Å². The molecule has 1 unspecified atom stereocenters. The van der Waals surface area contributed by atoms with Crippen molar-refractivity contribution in [2.75, 3.05) is 5.32 Å². The van der Waals surface area contributed by atoms with Crippen LogP contribution in [0.2, 0.25) is 0 Å². The van der Waals surface area contributed by atoms with E-state index in [0.717, 1.165) is 28.7 Å². The molecule has 29 heavy (non-hydrogen) atoms. The molecule has 0 radical (unpaired) electrons. The Morgan fingerprint density at radius 2 is 2.07 bits per heavy atom. The number of amidine groups is 1. The van der Waals surface area contributed by atoms with Crippen molar-refractivity contribution >= 4 is 22.6 Å². The number of benzene rings is 1. The van der Waals surface area contributed by atoms with Crippen molar-refractivity contribution in [1.82, 2.24) is 15.2 Å². The molecule has 2 saturated carbocycles. The van der Waals surface area contributed by atoms with Crippen molar-refractivity contribution in [3.05, 3.63) is 52.3 Å². The summed E-state index contributed by atoms with van der Waals surface area (Å²) in [5.41, 5.74) is 14.5. The molecule has 7 rings (SSSR count). The number of nitrogens with zero attached hydrogens (tertiary/aromatic N) is 3. The molecule has 2 bridgehead atoms. The normalized spacial score (nSPS) is 31.3. The van der Waals surface area contributed by atoms with E-state index in [2.05, 4.69) is 50.6 Å². The zero-order valence-electron chi connectivity index (χ0n) is 16.4. The van der Waals surface area contributed by atoms with Crippen LogP contribution in [0.5, 0.6) is 0 Å². The van der Waals surface area contributed by atoms with E-state index in [-0.39, 0.29) is 0 Å². The van der Waals surface area contributed by atoms with Crippen LogP contribution in [0.15, 0.2) is 29.4 Å². The van der Waals surface area contributed by atoms with Crippen LogP contribution in [0.25, 0.3) is 11.0 Å². The standard InChI is InChI=1S/C23H24N6/c1-10-17-20-16(9-26-23(17)29-28-10)27-21(19-12-3-2-11(6-12)18(19)20)13-4-5-14-8-25-22(24)15(14)7-13/h4-5,7,9,11-12,18-19,21,27H,2-3,6,8H2,1H3,(H2,24,25)(H,26,28,29)/t11-,12?,18+,19-,21+/m1/s1. The molecule has 0 saturated heterocycles. The average molecular weight is 384 g/mol. The molecule has 2 aliphatic heterocycles. The van der Waals surface area contributed by atoms with Crippen LogP contribution in [0, 0.1) is 24.7 Å². The van der Waals surface area contributed by atoms with Gasteiger partial charge in [-0.1, -0.05) is 12.1 Å². The Kier molecular flexibility index (Phi) is 2.96. The van der Waals surface area contributed by atoms with Crippen LogP contribution in [0.4, 0.5) is 5.69 Å². The molecule has 6 heteroatoms. The highest BCUT2D eigenvalue weighted by Crippen LogP contribution is 2.64. The number of H-pyrrole nitrogens is 1. The van der Waals surface area contributed by atoms with E-state index in [9.17, 15) is 0 Å². The maximum atomic E-state index is 6.16. The van der Waals surface area contributed by atoms with E-state index in [0.29, 0.717) is 30.3 Å². The summed E-state index contributed by atoms with van der Waals surface area (Å²) in [6, 6.07) is 7.08. The fourth-order valence-electron chi connectivity index (χ4n) is 6.86. The third-order valence-electron chi connectivity index (χ3n) is 8.01. The van der Waals surface area contributed by atoms with Gasteiger partial charge < -0.3 is 11.1 Å². The Morgan fingerprint density at radius 1 is 1.17 bits per heavy atom. The largest absolute Gasteiger partial charge is 0.383 e. The summed E-state index contributed by atoms with van der Waals surface area (Å²) in [6.45, 7) is 2.80. The SMILES string of the molecule is Cc1n[nH]c2ncc3c(c12)[C@H]1[C@@H]2CCC(C2)[C@H]1[C@H](c1ccc2c(c1)C(N)=NC2)N3. The summed E-state index contributed by atoms with van der Waals surface area (Å²) in [4.78, 5) is 9.09.